The van der Waals surface area contributed by atoms with E-state index in [1.165, 1.54) is 0 Å². The topological polar surface area (TPSA) is 89.3 Å². The minimum absolute atomic E-state index is 0.552. The molecule has 0 fully saturated rings. The van der Waals surface area contributed by atoms with Crippen LogP contribution in [0.1, 0.15) is 12.0 Å². The number of aliphatic carboxylic acids is 1. The zero-order valence-corrected chi connectivity index (χ0v) is 11.9. The molecular formula is C12H19ClN2O2S. The molecule has 4 nitrogen and oxygen atoms in total. The molecule has 1 aromatic carbocycles. The number of carboxylic acids is 1. The molecule has 0 spiro atoms. The van der Waals surface area contributed by atoms with E-state index in [0.29, 0.717) is 13.0 Å². The Labute approximate surface area is 117 Å². The lowest BCUT2D eigenvalue weighted by atomic mass is 10.2. The summed E-state index contributed by atoms with van der Waals surface area (Å²) >= 11 is 7.27. The Hall–Kier alpha value is -0.750. The van der Waals surface area contributed by atoms with E-state index >= 15 is 0 Å². The van der Waals surface area contributed by atoms with Crippen LogP contribution in [0.25, 0.3) is 0 Å². The van der Waals surface area contributed by atoms with Gasteiger partial charge in [0.15, 0.2) is 0 Å². The Kier molecular flexibility index (Phi) is 9.77. The first-order chi connectivity index (χ1) is 8.51. The molecule has 0 aliphatic heterocycles. The monoisotopic (exact) mass is 290 g/mol. The van der Waals surface area contributed by atoms with Gasteiger partial charge >= 0.3 is 5.97 Å². The summed E-state index contributed by atoms with van der Waals surface area (Å²) in [5.41, 5.74) is 11.6. The van der Waals surface area contributed by atoms with Crippen molar-refractivity contribution in [2.75, 3.05) is 12.0 Å². The second-order valence-electron chi connectivity index (χ2n) is 3.56. The summed E-state index contributed by atoms with van der Waals surface area (Å²) in [7, 11) is 0. The highest BCUT2D eigenvalue weighted by Crippen LogP contribution is 2.09. The van der Waals surface area contributed by atoms with E-state index in [0.717, 1.165) is 16.3 Å². The summed E-state index contributed by atoms with van der Waals surface area (Å²) < 4.78 is 0. The summed E-state index contributed by atoms with van der Waals surface area (Å²) in [6.45, 7) is 0.556. The first-order valence-electron chi connectivity index (χ1n) is 5.43. The van der Waals surface area contributed by atoms with Crippen molar-refractivity contribution in [2.45, 2.75) is 19.0 Å². The fraction of sp³-hybridized carbons (Fsp3) is 0.417. The first-order valence-corrected chi connectivity index (χ1v) is 7.20. The van der Waals surface area contributed by atoms with Crippen LogP contribution in [0.3, 0.4) is 0 Å². The molecule has 18 heavy (non-hydrogen) atoms. The number of rotatable bonds is 5. The van der Waals surface area contributed by atoms with Crippen molar-refractivity contribution in [3.63, 3.8) is 0 Å². The number of nitrogens with two attached hydrogens (primary N) is 2. The number of hydrogen-bond donors (Lipinski definition) is 3. The molecule has 102 valence electrons. The molecule has 0 saturated heterocycles. The van der Waals surface area contributed by atoms with Crippen LogP contribution in [0.15, 0.2) is 24.3 Å². The van der Waals surface area contributed by atoms with Crippen molar-refractivity contribution in [3.05, 3.63) is 34.9 Å². The molecule has 0 aromatic heterocycles. The lowest BCUT2D eigenvalue weighted by molar-refractivity contribution is -0.138. The standard InChI is InChI=1S/C7H8ClN.C5H11NO2S/c8-7-3-1-2-6(4-7)5-9;1-9-3-2-4(6)5(7)8/h1-4H,5,9H2;4H,2-3,6H2,1H3,(H,7,8)/t;4-/m.0/s1. The van der Waals surface area contributed by atoms with Crippen LogP contribution >= 0.6 is 23.4 Å². The second-order valence-corrected chi connectivity index (χ2v) is 4.98. The Balaban J connectivity index is 0.000000321. The predicted octanol–water partition coefficient (Wildman–Crippen LogP) is 1.95. The first kappa shape index (κ1) is 17.2. The quantitative estimate of drug-likeness (QED) is 0.771. The van der Waals surface area contributed by atoms with Crippen molar-refractivity contribution in [3.8, 4) is 0 Å². The minimum atomic E-state index is -0.913. The number of carboxylic acid groups (broad SMARTS) is 1. The summed E-state index contributed by atoms with van der Waals surface area (Å²) in [6.07, 6.45) is 2.48. The fourth-order valence-corrected chi connectivity index (χ4v) is 1.73. The molecule has 0 unspecified atom stereocenters. The van der Waals surface area contributed by atoms with Gasteiger partial charge in [0.25, 0.3) is 0 Å². The van der Waals surface area contributed by atoms with Crippen LogP contribution in [0, 0.1) is 0 Å². The molecule has 1 rings (SSSR count). The summed E-state index contributed by atoms with van der Waals surface area (Å²) in [6, 6.07) is 6.86. The van der Waals surface area contributed by atoms with Gasteiger partial charge in [0, 0.05) is 11.6 Å². The highest BCUT2D eigenvalue weighted by atomic mass is 35.5. The third-order valence-corrected chi connectivity index (χ3v) is 2.95. The van der Waals surface area contributed by atoms with Crippen LogP contribution in [-0.4, -0.2) is 29.1 Å². The van der Waals surface area contributed by atoms with Crippen LogP contribution in [0.5, 0.6) is 0 Å². The fourth-order valence-electron chi connectivity index (χ4n) is 1.03. The third-order valence-electron chi connectivity index (χ3n) is 2.07. The maximum absolute atomic E-state index is 10.1. The summed E-state index contributed by atoms with van der Waals surface area (Å²) in [5.74, 6) is -0.1000. The van der Waals surface area contributed by atoms with Crippen LogP contribution in [0.2, 0.25) is 5.02 Å². The number of benzene rings is 1. The van der Waals surface area contributed by atoms with Gasteiger partial charge in [-0.3, -0.25) is 4.79 Å². The summed E-state index contributed by atoms with van der Waals surface area (Å²) in [5, 5.41) is 9.02. The Bertz CT molecular complexity index is 364. The predicted molar refractivity (Wildman–Crippen MR) is 78.0 cm³/mol. The molecule has 1 aromatic rings. The molecule has 0 saturated carbocycles. The van der Waals surface area contributed by atoms with Crippen molar-refractivity contribution in [2.24, 2.45) is 11.5 Å². The number of carbonyl (C=O) groups is 1. The summed E-state index contributed by atoms with van der Waals surface area (Å²) in [4.78, 5) is 10.1. The van der Waals surface area contributed by atoms with Crippen LogP contribution < -0.4 is 11.5 Å². The van der Waals surface area contributed by atoms with Gasteiger partial charge in [-0.1, -0.05) is 23.7 Å². The molecule has 6 heteroatoms. The van der Waals surface area contributed by atoms with Gasteiger partial charge in [0.2, 0.25) is 0 Å². The highest BCUT2D eigenvalue weighted by molar-refractivity contribution is 7.98. The van der Waals surface area contributed by atoms with E-state index in [9.17, 15) is 4.79 Å². The van der Waals surface area contributed by atoms with Crippen molar-refractivity contribution >= 4 is 29.3 Å². The smallest absolute Gasteiger partial charge is 0.320 e. The van der Waals surface area contributed by atoms with Gasteiger partial charge < -0.3 is 16.6 Å². The Morgan fingerprint density at radius 2 is 2.22 bits per heavy atom. The van der Waals surface area contributed by atoms with Gasteiger partial charge in [0.1, 0.15) is 6.04 Å². The van der Waals surface area contributed by atoms with Gasteiger partial charge in [-0.2, -0.15) is 11.8 Å². The number of thioether (sulfide) groups is 1. The molecule has 0 radical (unpaired) electrons. The van der Waals surface area contributed by atoms with E-state index in [2.05, 4.69) is 0 Å². The lowest BCUT2D eigenvalue weighted by Gasteiger charge is -2.02. The van der Waals surface area contributed by atoms with E-state index in [1.807, 2.05) is 30.5 Å². The van der Waals surface area contributed by atoms with Gasteiger partial charge in [-0.25, -0.2) is 0 Å². The van der Waals surface area contributed by atoms with Crippen LogP contribution in [-0.2, 0) is 11.3 Å². The zero-order valence-electron chi connectivity index (χ0n) is 10.3. The van der Waals surface area contributed by atoms with E-state index in [1.54, 1.807) is 11.8 Å². The molecule has 0 heterocycles. The molecule has 0 aliphatic carbocycles. The molecule has 0 bridgehead atoms. The van der Waals surface area contributed by atoms with Gasteiger partial charge in [-0.05, 0) is 36.1 Å². The number of hydrogen-bond acceptors (Lipinski definition) is 4. The largest absolute Gasteiger partial charge is 0.480 e. The second kappa shape index (κ2) is 10.2. The average molecular weight is 291 g/mol. The molecule has 0 amide bonds. The SMILES string of the molecule is CSCC[C@H](N)C(=O)O.NCc1cccc(Cl)c1. The van der Waals surface area contributed by atoms with Crippen molar-refractivity contribution in [1.29, 1.82) is 0 Å². The third kappa shape index (κ3) is 8.36. The Morgan fingerprint density at radius 1 is 1.56 bits per heavy atom. The highest BCUT2D eigenvalue weighted by Gasteiger charge is 2.08. The minimum Gasteiger partial charge on any atom is -0.480 e. The maximum Gasteiger partial charge on any atom is 0.320 e. The average Bonchev–Trinajstić information content (AvgIpc) is 2.36. The lowest BCUT2D eigenvalue weighted by Crippen LogP contribution is -2.30. The van der Waals surface area contributed by atoms with Crippen molar-refractivity contribution in [1.82, 2.24) is 0 Å². The zero-order chi connectivity index (χ0) is 14.0. The Morgan fingerprint density at radius 3 is 2.61 bits per heavy atom. The van der Waals surface area contributed by atoms with Crippen molar-refractivity contribution < 1.29 is 9.90 Å². The van der Waals surface area contributed by atoms with Gasteiger partial charge in [-0.15, -0.1) is 0 Å². The van der Waals surface area contributed by atoms with E-state index < -0.39 is 12.0 Å². The number of halogens is 1. The van der Waals surface area contributed by atoms with E-state index in [4.69, 9.17) is 28.2 Å². The molecule has 1 atom stereocenters. The van der Waals surface area contributed by atoms with Crippen LogP contribution in [0.4, 0.5) is 0 Å². The normalized spacial score (nSPS) is 11.3. The van der Waals surface area contributed by atoms with E-state index in [-0.39, 0.29) is 0 Å². The molecule has 0 aliphatic rings. The molecular weight excluding hydrogens is 272 g/mol. The van der Waals surface area contributed by atoms with Gasteiger partial charge in [0.05, 0.1) is 0 Å². The molecule has 5 N–H and O–H groups in total. The maximum atomic E-state index is 10.1.